The van der Waals surface area contributed by atoms with Crippen molar-refractivity contribution >= 4 is 5.69 Å². The van der Waals surface area contributed by atoms with E-state index >= 15 is 0 Å². The molecule has 0 aliphatic rings. The van der Waals surface area contributed by atoms with Crippen LogP contribution in [-0.2, 0) is 4.74 Å². The molecule has 38 heavy (non-hydrogen) atoms. The molecular weight excluding hydrogens is 474 g/mol. The van der Waals surface area contributed by atoms with Crippen molar-refractivity contribution in [2.45, 2.75) is 12.8 Å². The first-order valence-electron chi connectivity index (χ1n) is 12.4. The van der Waals surface area contributed by atoms with Crippen molar-refractivity contribution in [1.29, 1.82) is 0 Å². The third-order valence-corrected chi connectivity index (χ3v) is 5.44. The lowest BCUT2D eigenvalue weighted by Gasteiger charge is -2.22. The maximum Gasteiger partial charge on any atom is 0.142 e. The molecule has 0 aromatic heterocycles. The first-order chi connectivity index (χ1) is 18.7. The van der Waals surface area contributed by atoms with Gasteiger partial charge in [-0.25, -0.2) is 0 Å². The van der Waals surface area contributed by atoms with Crippen LogP contribution in [0.3, 0.4) is 0 Å². The largest absolute Gasteiger partial charge is 0.497 e. The van der Waals surface area contributed by atoms with Gasteiger partial charge < -0.3 is 23.8 Å². The Kier molecular flexibility index (Phi) is 12.0. The maximum absolute atomic E-state index is 6.14. The van der Waals surface area contributed by atoms with E-state index in [9.17, 15) is 0 Å². The summed E-state index contributed by atoms with van der Waals surface area (Å²) in [6, 6.07) is 23.4. The van der Waals surface area contributed by atoms with Gasteiger partial charge >= 0.3 is 0 Å². The highest BCUT2D eigenvalue weighted by Crippen LogP contribution is 2.28. The Morgan fingerprint density at radius 1 is 0.658 bits per heavy atom. The summed E-state index contributed by atoms with van der Waals surface area (Å²) in [4.78, 5) is 2.13. The molecule has 3 aromatic rings. The van der Waals surface area contributed by atoms with Gasteiger partial charge in [-0.15, -0.1) is 5.92 Å². The average molecular weight is 508 g/mol. The zero-order valence-electron chi connectivity index (χ0n) is 22.3. The predicted molar refractivity (Wildman–Crippen MR) is 153 cm³/mol. The fourth-order valence-electron chi connectivity index (χ4n) is 3.44. The average Bonchev–Trinajstić information content (AvgIpc) is 2.97. The van der Waals surface area contributed by atoms with Crippen LogP contribution in [0.4, 0.5) is 5.69 Å². The van der Waals surface area contributed by atoms with Gasteiger partial charge in [0.15, 0.2) is 0 Å². The van der Waals surface area contributed by atoms with Gasteiger partial charge in [-0.3, -0.25) is 0 Å². The number of hydrogen-bond donors (Lipinski definition) is 0. The Balaban J connectivity index is 1.75. The lowest BCUT2D eigenvalue weighted by atomic mass is 10.2. The van der Waals surface area contributed by atoms with E-state index in [2.05, 4.69) is 40.4 Å². The Morgan fingerprint density at radius 3 is 1.79 bits per heavy atom. The minimum atomic E-state index is 0.452. The fourth-order valence-corrected chi connectivity index (χ4v) is 3.44. The first-order valence-corrected chi connectivity index (χ1v) is 12.4. The molecule has 194 valence electrons. The van der Waals surface area contributed by atoms with Crippen molar-refractivity contribution in [3.63, 3.8) is 0 Å². The summed E-state index contributed by atoms with van der Waals surface area (Å²) in [5.74, 6) is 21.5. The topological polar surface area (TPSA) is 40.2 Å². The molecule has 0 amide bonds. The van der Waals surface area contributed by atoms with Crippen LogP contribution < -0.4 is 19.1 Å². The monoisotopic (exact) mass is 507 g/mol. The molecule has 0 bridgehead atoms. The van der Waals surface area contributed by atoms with Gasteiger partial charge in [0, 0.05) is 24.7 Å². The van der Waals surface area contributed by atoms with Crippen molar-refractivity contribution in [2.75, 3.05) is 52.5 Å². The lowest BCUT2D eigenvalue weighted by Crippen LogP contribution is -2.24. The molecule has 5 nitrogen and oxygen atoms in total. The van der Waals surface area contributed by atoms with Crippen LogP contribution in [0, 0.1) is 35.5 Å². The summed E-state index contributed by atoms with van der Waals surface area (Å²) < 4.78 is 21.6. The fraction of sp³-hybridized carbons (Fsp3) is 0.273. The molecule has 0 heterocycles. The number of anilines is 1. The van der Waals surface area contributed by atoms with Gasteiger partial charge in [0.2, 0.25) is 0 Å². The van der Waals surface area contributed by atoms with Crippen LogP contribution in [0.15, 0.2) is 72.8 Å². The summed E-state index contributed by atoms with van der Waals surface area (Å²) in [5.41, 5.74) is 2.80. The molecule has 0 saturated carbocycles. The Labute approximate surface area is 226 Å². The molecule has 0 unspecified atom stereocenters. The molecule has 3 rings (SSSR count). The molecule has 0 radical (unpaired) electrons. The van der Waals surface area contributed by atoms with Crippen molar-refractivity contribution < 1.29 is 18.9 Å². The van der Waals surface area contributed by atoms with Crippen LogP contribution in [0.1, 0.15) is 24.0 Å². The van der Waals surface area contributed by atoms with Crippen molar-refractivity contribution in [3.05, 3.63) is 83.9 Å². The summed E-state index contributed by atoms with van der Waals surface area (Å²) in [6.45, 7) is 2.01. The molecule has 5 heteroatoms. The van der Waals surface area contributed by atoms with E-state index in [1.165, 1.54) is 0 Å². The zero-order valence-corrected chi connectivity index (χ0v) is 22.3. The van der Waals surface area contributed by atoms with Gasteiger partial charge in [0.1, 0.15) is 23.9 Å². The number of rotatable bonds is 10. The molecular formula is C33H33NO4. The molecule has 0 saturated heterocycles. The van der Waals surface area contributed by atoms with E-state index in [0.29, 0.717) is 26.3 Å². The van der Waals surface area contributed by atoms with E-state index in [4.69, 9.17) is 18.9 Å². The summed E-state index contributed by atoms with van der Waals surface area (Å²) >= 11 is 0. The molecule has 0 spiro atoms. The highest BCUT2D eigenvalue weighted by Gasteiger charge is 2.10. The maximum atomic E-state index is 6.14. The molecule has 0 aliphatic carbocycles. The Bertz CT molecular complexity index is 1250. The standard InChI is InChI=1S/C33H33NO4/c1-35-26-8-4-5-9-27-38-33-15-7-6-14-32(33)34(24-10-12-28-16-20-30(36-2)21-17-28)25-11-13-29-18-22-31(37-3)23-19-29/h6-7,14-23H,5,9,24-27H2,1-3H3. The number of para-hydroxylation sites is 2. The van der Waals surface area contributed by atoms with Gasteiger partial charge in [-0.05, 0) is 67.1 Å². The second kappa shape index (κ2) is 16.3. The number of ether oxygens (including phenoxy) is 4. The quantitative estimate of drug-likeness (QED) is 0.271. The van der Waals surface area contributed by atoms with E-state index in [-0.39, 0.29) is 0 Å². The third kappa shape index (κ3) is 9.51. The van der Waals surface area contributed by atoms with Gasteiger partial charge in [-0.2, -0.15) is 0 Å². The minimum Gasteiger partial charge on any atom is -0.497 e. The van der Waals surface area contributed by atoms with Crippen LogP contribution in [0.2, 0.25) is 0 Å². The van der Waals surface area contributed by atoms with E-state index in [0.717, 1.165) is 46.9 Å². The van der Waals surface area contributed by atoms with Crippen molar-refractivity contribution in [2.24, 2.45) is 0 Å². The molecule has 0 N–H and O–H groups in total. The number of unbranched alkanes of at least 4 members (excludes halogenated alkanes) is 1. The van der Waals surface area contributed by atoms with E-state index < -0.39 is 0 Å². The zero-order chi connectivity index (χ0) is 26.8. The first kappa shape index (κ1) is 28.1. The summed E-state index contributed by atoms with van der Waals surface area (Å²) in [6.07, 6.45) is 1.59. The van der Waals surface area contributed by atoms with Crippen molar-refractivity contribution in [1.82, 2.24) is 0 Å². The number of hydrogen-bond acceptors (Lipinski definition) is 5. The summed E-state index contributed by atoms with van der Waals surface area (Å²) in [7, 11) is 4.95. The second-order valence-electron chi connectivity index (χ2n) is 8.12. The summed E-state index contributed by atoms with van der Waals surface area (Å²) in [5, 5.41) is 0. The SMILES string of the molecule is COCC#CCCCOc1ccccc1N(CC#Cc1ccc(OC)cc1)CC#Cc1ccc(OC)cc1. The van der Waals surface area contributed by atoms with E-state index in [1.807, 2.05) is 72.8 Å². The van der Waals surface area contributed by atoms with Crippen LogP contribution in [-0.4, -0.2) is 47.6 Å². The Morgan fingerprint density at radius 2 is 1.24 bits per heavy atom. The van der Waals surface area contributed by atoms with Gasteiger partial charge in [0.25, 0.3) is 0 Å². The van der Waals surface area contributed by atoms with Crippen LogP contribution >= 0.6 is 0 Å². The van der Waals surface area contributed by atoms with Crippen molar-refractivity contribution in [3.8, 4) is 52.8 Å². The van der Waals surface area contributed by atoms with Gasteiger partial charge in [-0.1, -0.05) is 41.7 Å². The third-order valence-electron chi connectivity index (χ3n) is 5.44. The number of benzene rings is 3. The molecule has 0 atom stereocenters. The Hall–Kier alpha value is -4.50. The second-order valence-corrected chi connectivity index (χ2v) is 8.12. The number of nitrogens with zero attached hydrogens (tertiary/aromatic N) is 1. The smallest absolute Gasteiger partial charge is 0.142 e. The van der Waals surface area contributed by atoms with E-state index in [1.54, 1.807) is 21.3 Å². The van der Waals surface area contributed by atoms with Crippen LogP contribution in [0.5, 0.6) is 17.2 Å². The normalized spacial score (nSPS) is 9.55. The molecule has 0 fully saturated rings. The van der Waals surface area contributed by atoms with Gasteiger partial charge in [0.05, 0.1) is 39.6 Å². The lowest BCUT2D eigenvalue weighted by molar-refractivity contribution is 0.239. The number of methoxy groups -OCH3 is 3. The molecule has 3 aromatic carbocycles. The van der Waals surface area contributed by atoms with Crippen LogP contribution in [0.25, 0.3) is 0 Å². The minimum absolute atomic E-state index is 0.452. The predicted octanol–water partition coefficient (Wildman–Crippen LogP) is 5.42. The molecule has 0 aliphatic heterocycles. The highest BCUT2D eigenvalue weighted by molar-refractivity contribution is 5.60. The highest BCUT2D eigenvalue weighted by atomic mass is 16.5.